The lowest BCUT2D eigenvalue weighted by Crippen LogP contribution is -2.53. The number of amides is 2. The topological polar surface area (TPSA) is 86.8 Å². The molecule has 0 fully saturated rings. The summed E-state index contributed by atoms with van der Waals surface area (Å²) in [6, 6.07) is 27.5. The van der Waals surface area contributed by atoms with Crippen LogP contribution in [0, 0.1) is 19.7 Å². The summed E-state index contributed by atoms with van der Waals surface area (Å²) in [5.74, 6) is -1.33. The Balaban J connectivity index is 1.78. The number of hydrogen-bond donors (Lipinski definition) is 1. The molecular weight excluding hydrogens is 589 g/mol. The number of anilines is 1. The van der Waals surface area contributed by atoms with E-state index in [4.69, 9.17) is 0 Å². The Bertz CT molecular complexity index is 1680. The monoisotopic (exact) mass is 629 g/mol. The van der Waals surface area contributed by atoms with Gasteiger partial charge in [-0.2, -0.15) is 0 Å². The molecule has 0 radical (unpaired) electrons. The number of aryl methyl sites for hydroxylation is 2. The summed E-state index contributed by atoms with van der Waals surface area (Å²) in [6.45, 7) is 5.60. The first-order valence-electron chi connectivity index (χ1n) is 15.1. The third-order valence-corrected chi connectivity index (χ3v) is 9.33. The number of halogens is 1. The van der Waals surface area contributed by atoms with Crippen LogP contribution in [0.4, 0.5) is 10.1 Å². The molecule has 1 atom stereocenters. The minimum atomic E-state index is -4.18. The lowest BCUT2D eigenvalue weighted by atomic mass is 10.0. The van der Waals surface area contributed by atoms with Gasteiger partial charge < -0.3 is 10.2 Å². The number of unbranched alkanes of at least 4 members (excludes halogenated alkanes) is 1. The summed E-state index contributed by atoms with van der Waals surface area (Å²) >= 11 is 0. The molecule has 4 aromatic carbocycles. The van der Waals surface area contributed by atoms with E-state index in [9.17, 15) is 22.4 Å². The minimum Gasteiger partial charge on any atom is -0.354 e. The first-order valence-corrected chi connectivity index (χ1v) is 16.5. The van der Waals surface area contributed by atoms with E-state index in [1.807, 2.05) is 57.2 Å². The van der Waals surface area contributed by atoms with Gasteiger partial charge in [-0.05, 0) is 73.4 Å². The predicted molar refractivity (Wildman–Crippen MR) is 176 cm³/mol. The van der Waals surface area contributed by atoms with Crippen molar-refractivity contribution < 1.29 is 22.4 Å². The van der Waals surface area contributed by atoms with Crippen molar-refractivity contribution >= 4 is 27.5 Å². The number of nitrogens with zero attached hydrogens (tertiary/aromatic N) is 2. The molecule has 4 aromatic rings. The Hall–Kier alpha value is -4.50. The third-order valence-electron chi connectivity index (χ3n) is 7.54. The van der Waals surface area contributed by atoms with E-state index >= 15 is 0 Å². The lowest BCUT2D eigenvalue weighted by Gasteiger charge is -2.34. The summed E-state index contributed by atoms with van der Waals surface area (Å²) < 4.78 is 43.1. The van der Waals surface area contributed by atoms with Gasteiger partial charge in [0.05, 0.1) is 10.6 Å². The third kappa shape index (κ3) is 9.01. The minimum absolute atomic E-state index is 0.0238. The van der Waals surface area contributed by atoms with Gasteiger partial charge in [-0.1, -0.05) is 85.6 Å². The van der Waals surface area contributed by atoms with E-state index in [-0.39, 0.29) is 23.8 Å². The Morgan fingerprint density at radius 1 is 0.822 bits per heavy atom. The highest BCUT2D eigenvalue weighted by molar-refractivity contribution is 7.92. The lowest BCUT2D eigenvalue weighted by molar-refractivity contribution is -0.140. The van der Waals surface area contributed by atoms with Gasteiger partial charge in [-0.25, -0.2) is 12.8 Å². The molecule has 9 heteroatoms. The molecule has 0 saturated carbocycles. The molecule has 0 unspecified atom stereocenters. The van der Waals surface area contributed by atoms with E-state index in [0.717, 1.165) is 33.8 Å². The zero-order valence-electron chi connectivity index (χ0n) is 25.9. The number of nitrogens with one attached hydrogen (secondary N) is 1. The van der Waals surface area contributed by atoms with E-state index < -0.39 is 34.3 Å². The number of carbonyl (C=O) groups is 2. The summed E-state index contributed by atoms with van der Waals surface area (Å²) in [4.78, 5) is 29.7. The van der Waals surface area contributed by atoms with Gasteiger partial charge in [0.2, 0.25) is 11.8 Å². The van der Waals surface area contributed by atoms with Crippen LogP contribution in [-0.2, 0) is 32.6 Å². The summed E-state index contributed by atoms with van der Waals surface area (Å²) in [5, 5.41) is 2.96. The molecule has 1 N–H and O–H groups in total. The molecule has 0 aliphatic rings. The Morgan fingerprint density at radius 2 is 1.51 bits per heavy atom. The van der Waals surface area contributed by atoms with Crippen molar-refractivity contribution in [1.82, 2.24) is 10.2 Å². The normalized spacial score (nSPS) is 11.9. The average Bonchev–Trinajstić information content (AvgIpc) is 3.03. The molecular formula is C36H40FN3O4S. The van der Waals surface area contributed by atoms with Crippen molar-refractivity contribution in [3.63, 3.8) is 0 Å². The van der Waals surface area contributed by atoms with E-state index in [1.165, 1.54) is 29.2 Å². The smallest absolute Gasteiger partial charge is 0.264 e. The van der Waals surface area contributed by atoms with Crippen molar-refractivity contribution in [2.75, 3.05) is 17.4 Å². The maximum Gasteiger partial charge on any atom is 0.264 e. The van der Waals surface area contributed by atoms with Crippen molar-refractivity contribution in [2.45, 2.75) is 57.5 Å². The largest absolute Gasteiger partial charge is 0.354 e. The fraction of sp³-hybridized carbons (Fsp3) is 0.278. The maximum atomic E-state index is 14.4. The molecule has 7 nitrogen and oxygen atoms in total. The first-order chi connectivity index (χ1) is 21.6. The average molecular weight is 630 g/mol. The summed E-state index contributed by atoms with van der Waals surface area (Å²) in [6.07, 6.45) is 1.86. The quantitative estimate of drug-likeness (QED) is 0.169. The van der Waals surface area contributed by atoms with Gasteiger partial charge in [0.15, 0.2) is 0 Å². The number of hydrogen-bond acceptors (Lipinski definition) is 4. The first kappa shape index (κ1) is 33.4. The van der Waals surface area contributed by atoms with Gasteiger partial charge in [0.25, 0.3) is 10.0 Å². The highest BCUT2D eigenvalue weighted by atomic mass is 32.2. The van der Waals surface area contributed by atoms with Crippen LogP contribution in [0.3, 0.4) is 0 Å². The molecule has 0 aliphatic heterocycles. The predicted octanol–water partition coefficient (Wildman–Crippen LogP) is 6.19. The van der Waals surface area contributed by atoms with Gasteiger partial charge >= 0.3 is 0 Å². The van der Waals surface area contributed by atoms with Crippen LogP contribution in [0.15, 0.2) is 108 Å². The fourth-order valence-electron chi connectivity index (χ4n) is 5.00. The second-order valence-electron chi connectivity index (χ2n) is 11.2. The van der Waals surface area contributed by atoms with Crippen LogP contribution in [0.2, 0.25) is 0 Å². The second kappa shape index (κ2) is 15.5. The molecule has 4 rings (SSSR count). The van der Waals surface area contributed by atoms with Crippen molar-refractivity contribution in [1.29, 1.82) is 0 Å². The molecule has 0 bridgehead atoms. The van der Waals surface area contributed by atoms with E-state index in [2.05, 4.69) is 5.32 Å². The van der Waals surface area contributed by atoms with E-state index in [1.54, 1.807) is 42.5 Å². The van der Waals surface area contributed by atoms with Gasteiger partial charge in [0, 0.05) is 19.5 Å². The van der Waals surface area contributed by atoms with Gasteiger partial charge in [-0.15, -0.1) is 0 Å². The molecule has 0 aromatic heterocycles. The van der Waals surface area contributed by atoms with Crippen molar-refractivity contribution in [2.24, 2.45) is 0 Å². The zero-order chi connectivity index (χ0) is 32.4. The number of rotatable bonds is 14. The van der Waals surface area contributed by atoms with Crippen LogP contribution in [0.1, 0.15) is 42.0 Å². The Labute approximate surface area is 265 Å². The second-order valence-corrected chi connectivity index (χ2v) is 13.0. The van der Waals surface area contributed by atoms with Gasteiger partial charge in [0.1, 0.15) is 18.4 Å². The highest BCUT2D eigenvalue weighted by Gasteiger charge is 2.34. The Morgan fingerprint density at radius 3 is 2.16 bits per heavy atom. The summed E-state index contributed by atoms with van der Waals surface area (Å²) in [5.41, 5.74) is 3.50. The molecule has 0 spiro atoms. The fourth-order valence-corrected chi connectivity index (χ4v) is 6.40. The van der Waals surface area contributed by atoms with Gasteiger partial charge in [-0.3, -0.25) is 13.9 Å². The molecule has 45 heavy (non-hydrogen) atoms. The number of sulfonamides is 1. The van der Waals surface area contributed by atoms with Crippen LogP contribution in [0.25, 0.3) is 0 Å². The van der Waals surface area contributed by atoms with Crippen molar-refractivity contribution in [3.8, 4) is 0 Å². The van der Waals surface area contributed by atoms with E-state index in [0.29, 0.717) is 17.8 Å². The number of benzene rings is 4. The summed E-state index contributed by atoms with van der Waals surface area (Å²) in [7, 11) is -4.18. The molecule has 0 heterocycles. The highest BCUT2D eigenvalue weighted by Crippen LogP contribution is 2.26. The molecule has 0 saturated heterocycles. The SMILES string of the molecule is CCCCNC(=O)[C@@H](Cc1ccccc1)N(Cc1ccc(F)cc1)C(=O)CN(c1cccc(C)c1)S(=O)(=O)c1ccc(C)cc1. The van der Waals surface area contributed by atoms with Crippen LogP contribution < -0.4 is 9.62 Å². The van der Waals surface area contributed by atoms with Crippen LogP contribution in [-0.4, -0.2) is 44.3 Å². The standard InChI is InChI=1S/C36H40FN3O4S/c1-4-5-22-38-36(42)34(24-29-11-7-6-8-12-29)39(25-30-16-18-31(37)19-17-30)35(41)26-40(32-13-9-10-28(3)23-32)45(43,44)33-20-14-27(2)15-21-33/h6-21,23,34H,4-5,22,24-26H2,1-3H3,(H,38,42)/t34-/m1/s1. The van der Waals surface area contributed by atoms with Crippen molar-refractivity contribution in [3.05, 3.63) is 131 Å². The zero-order valence-corrected chi connectivity index (χ0v) is 26.8. The maximum absolute atomic E-state index is 14.4. The Kier molecular flexibility index (Phi) is 11.5. The molecule has 2 amide bonds. The molecule has 0 aliphatic carbocycles. The number of carbonyl (C=O) groups excluding carboxylic acids is 2. The van der Waals surface area contributed by atoms with Crippen LogP contribution in [0.5, 0.6) is 0 Å². The van der Waals surface area contributed by atoms with Crippen LogP contribution >= 0.6 is 0 Å². The molecule has 236 valence electrons.